The maximum absolute atomic E-state index is 9.00. The van der Waals surface area contributed by atoms with Crippen molar-refractivity contribution in [2.45, 2.75) is 20.1 Å². The number of aliphatic hydroxyl groups excluding tert-OH is 1. The van der Waals surface area contributed by atoms with Gasteiger partial charge in [-0.2, -0.15) is 0 Å². The number of aromatic nitrogens is 1. The fourth-order valence-electron chi connectivity index (χ4n) is 1.81. The van der Waals surface area contributed by atoms with Gasteiger partial charge in [0.1, 0.15) is 0 Å². The van der Waals surface area contributed by atoms with E-state index in [1.165, 1.54) is 0 Å². The largest absolute Gasteiger partial charge is 0.493 e. The van der Waals surface area contributed by atoms with E-state index < -0.39 is 0 Å². The Kier molecular flexibility index (Phi) is 4.36. The van der Waals surface area contributed by atoms with Crippen molar-refractivity contribution in [3.05, 3.63) is 53.3 Å². The summed E-state index contributed by atoms with van der Waals surface area (Å²) in [5.74, 6) is 0.734. The molecule has 2 rings (SSSR count). The normalized spacial score (nSPS) is 10.3. The highest BCUT2D eigenvalue weighted by atomic mass is 16.5. The van der Waals surface area contributed by atoms with Gasteiger partial charge in [0, 0.05) is 12.2 Å². The van der Waals surface area contributed by atoms with Crippen LogP contribution in [0.3, 0.4) is 0 Å². The number of ether oxygens (including phenoxy) is 1. The molecule has 0 saturated heterocycles. The molecular weight excluding hydrogens is 240 g/mol. The maximum Gasteiger partial charge on any atom is 0.160 e. The smallest absolute Gasteiger partial charge is 0.160 e. The number of aryl methyl sites for hydroxylation is 1. The summed E-state index contributed by atoms with van der Waals surface area (Å²) >= 11 is 0. The number of pyridine rings is 1. The molecule has 1 heterocycles. The third kappa shape index (κ3) is 3.45. The van der Waals surface area contributed by atoms with Crippen LogP contribution in [0.15, 0.2) is 36.5 Å². The van der Waals surface area contributed by atoms with Crippen LogP contribution < -0.4 is 10.1 Å². The summed E-state index contributed by atoms with van der Waals surface area (Å²) in [5.41, 5.74) is 3.94. The average Bonchev–Trinajstić information content (AvgIpc) is 2.46. The second kappa shape index (κ2) is 6.20. The Hall–Kier alpha value is -2.07. The van der Waals surface area contributed by atoms with E-state index in [9.17, 15) is 0 Å². The van der Waals surface area contributed by atoms with Gasteiger partial charge in [-0.25, -0.2) is 0 Å². The van der Waals surface area contributed by atoms with Crippen molar-refractivity contribution < 1.29 is 9.84 Å². The lowest BCUT2D eigenvalue weighted by Gasteiger charge is -2.11. The van der Waals surface area contributed by atoms with Crippen molar-refractivity contribution in [3.8, 4) is 5.75 Å². The topological polar surface area (TPSA) is 54.4 Å². The highest BCUT2D eigenvalue weighted by Crippen LogP contribution is 2.24. The van der Waals surface area contributed by atoms with Gasteiger partial charge in [-0.1, -0.05) is 24.3 Å². The van der Waals surface area contributed by atoms with Crippen molar-refractivity contribution in [1.29, 1.82) is 0 Å². The SMILES string of the molecule is COc1cnc(C)cc1NCc1ccc(CO)cc1. The molecular formula is C15H18N2O2. The van der Waals surface area contributed by atoms with Gasteiger partial charge in [-0.3, -0.25) is 4.98 Å². The van der Waals surface area contributed by atoms with Crippen molar-refractivity contribution in [3.63, 3.8) is 0 Å². The van der Waals surface area contributed by atoms with E-state index >= 15 is 0 Å². The molecule has 0 spiro atoms. The molecule has 0 aliphatic rings. The van der Waals surface area contributed by atoms with Gasteiger partial charge >= 0.3 is 0 Å². The van der Waals surface area contributed by atoms with Crippen LogP contribution in [0.5, 0.6) is 5.75 Å². The lowest BCUT2D eigenvalue weighted by Crippen LogP contribution is -2.02. The molecule has 2 N–H and O–H groups in total. The number of hydrogen-bond donors (Lipinski definition) is 2. The van der Waals surface area contributed by atoms with E-state index in [1.807, 2.05) is 37.3 Å². The Morgan fingerprint density at radius 1 is 1.21 bits per heavy atom. The molecule has 0 amide bonds. The van der Waals surface area contributed by atoms with Crippen LogP contribution in [0.2, 0.25) is 0 Å². The van der Waals surface area contributed by atoms with E-state index in [0.29, 0.717) is 6.54 Å². The van der Waals surface area contributed by atoms with Gasteiger partial charge in [-0.05, 0) is 24.1 Å². The first-order chi connectivity index (χ1) is 9.22. The Labute approximate surface area is 113 Å². The summed E-state index contributed by atoms with van der Waals surface area (Å²) in [7, 11) is 1.63. The molecule has 0 aliphatic carbocycles. The number of rotatable bonds is 5. The number of anilines is 1. The Morgan fingerprint density at radius 2 is 1.89 bits per heavy atom. The zero-order valence-electron chi connectivity index (χ0n) is 11.2. The van der Waals surface area contributed by atoms with Crippen LogP contribution in [0.1, 0.15) is 16.8 Å². The molecule has 0 fully saturated rings. The summed E-state index contributed by atoms with van der Waals surface area (Å²) in [4.78, 5) is 4.20. The van der Waals surface area contributed by atoms with E-state index in [4.69, 9.17) is 9.84 Å². The van der Waals surface area contributed by atoms with Gasteiger partial charge in [-0.15, -0.1) is 0 Å². The lowest BCUT2D eigenvalue weighted by atomic mass is 10.1. The summed E-state index contributed by atoms with van der Waals surface area (Å²) < 4.78 is 5.27. The van der Waals surface area contributed by atoms with Gasteiger partial charge in [0.25, 0.3) is 0 Å². The van der Waals surface area contributed by atoms with Gasteiger partial charge in [0.05, 0.1) is 25.6 Å². The Balaban J connectivity index is 2.07. The van der Waals surface area contributed by atoms with Crippen LogP contribution in [-0.4, -0.2) is 17.2 Å². The average molecular weight is 258 g/mol. The number of nitrogens with one attached hydrogen (secondary N) is 1. The van der Waals surface area contributed by atoms with Crippen LogP contribution >= 0.6 is 0 Å². The first-order valence-corrected chi connectivity index (χ1v) is 6.16. The molecule has 0 aliphatic heterocycles. The maximum atomic E-state index is 9.00. The third-order valence-electron chi connectivity index (χ3n) is 2.91. The molecule has 1 aromatic carbocycles. The minimum absolute atomic E-state index is 0.0745. The molecule has 0 unspecified atom stereocenters. The highest BCUT2D eigenvalue weighted by molar-refractivity contribution is 5.56. The molecule has 19 heavy (non-hydrogen) atoms. The van der Waals surface area contributed by atoms with E-state index in [-0.39, 0.29) is 6.61 Å². The van der Waals surface area contributed by atoms with Crippen molar-refractivity contribution >= 4 is 5.69 Å². The van der Waals surface area contributed by atoms with Crippen LogP contribution in [0.4, 0.5) is 5.69 Å². The Morgan fingerprint density at radius 3 is 2.53 bits per heavy atom. The van der Waals surface area contributed by atoms with Crippen LogP contribution in [0.25, 0.3) is 0 Å². The number of nitrogens with zero attached hydrogens (tertiary/aromatic N) is 1. The predicted molar refractivity (Wildman–Crippen MR) is 75.2 cm³/mol. The minimum Gasteiger partial charge on any atom is -0.493 e. The summed E-state index contributed by atoms with van der Waals surface area (Å²) in [6, 6.07) is 9.80. The zero-order valence-corrected chi connectivity index (χ0v) is 11.2. The fourth-order valence-corrected chi connectivity index (χ4v) is 1.81. The van der Waals surface area contributed by atoms with E-state index in [2.05, 4.69) is 10.3 Å². The number of hydrogen-bond acceptors (Lipinski definition) is 4. The van der Waals surface area contributed by atoms with Crippen LogP contribution in [-0.2, 0) is 13.2 Å². The molecule has 4 heteroatoms. The van der Waals surface area contributed by atoms with Gasteiger partial charge in [0.15, 0.2) is 5.75 Å². The Bertz CT molecular complexity index is 538. The number of benzene rings is 1. The minimum atomic E-state index is 0.0745. The quantitative estimate of drug-likeness (QED) is 0.865. The third-order valence-corrected chi connectivity index (χ3v) is 2.91. The zero-order chi connectivity index (χ0) is 13.7. The molecule has 100 valence electrons. The second-order valence-electron chi connectivity index (χ2n) is 4.35. The van der Waals surface area contributed by atoms with Gasteiger partial charge < -0.3 is 15.2 Å². The molecule has 0 saturated carbocycles. The first kappa shape index (κ1) is 13.4. The molecule has 0 radical (unpaired) electrons. The number of aliphatic hydroxyl groups is 1. The lowest BCUT2D eigenvalue weighted by molar-refractivity contribution is 0.282. The van der Waals surface area contributed by atoms with Crippen molar-refractivity contribution in [1.82, 2.24) is 4.98 Å². The standard InChI is InChI=1S/C15H18N2O2/c1-11-7-14(15(19-2)9-16-11)17-8-12-3-5-13(10-18)6-4-12/h3-7,9,18H,8,10H2,1-2H3,(H,16,17). The predicted octanol–water partition coefficient (Wildman–Crippen LogP) is 2.50. The summed E-state index contributed by atoms with van der Waals surface area (Å²) in [5, 5.41) is 12.3. The van der Waals surface area contributed by atoms with Crippen LogP contribution in [0, 0.1) is 6.92 Å². The molecule has 4 nitrogen and oxygen atoms in total. The fraction of sp³-hybridized carbons (Fsp3) is 0.267. The highest BCUT2D eigenvalue weighted by Gasteiger charge is 2.03. The number of methoxy groups -OCH3 is 1. The molecule has 0 bridgehead atoms. The van der Waals surface area contributed by atoms with E-state index in [0.717, 1.165) is 28.3 Å². The van der Waals surface area contributed by atoms with Crippen molar-refractivity contribution in [2.75, 3.05) is 12.4 Å². The first-order valence-electron chi connectivity index (χ1n) is 6.16. The molecule has 1 aromatic heterocycles. The summed E-state index contributed by atoms with van der Waals surface area (Å²) in [6.07, 6.45) is 1.71. The molecule has 0 atom stereocenters. The summed E-state index contributed by atoms with van der Waals surface area (Å²) in [6.45, 7) is 2.72. The van der Waals surface area contributed by atoms with Crippen molar-refractivity contribution in [2.24, 2.45) is 0 Å². The monoisotopic (exact) mass is 258 g/mol. The van der Waals surface area contributed by atoms with E-state index in [1.54, 1.807) is 13.3 Å². The molecule has 2 aromatic rings. The second-order valence-corrected chi connectivity index (χ2v) is 4.35. The van der Waals surface area contributed by atoms with Gasteiger partial charge in [0.2, 0.25) is 0 Å².